The molecule has 0 aliphatic rings. The number of hydrogen-bond donors (Lipinski definition) is 0. The van der Waals surface area contributed by atoms with E-state index in [-0.39, 0.29) is 18.5 Å². The molecule has 0 aromatic rings. The van der Waals surface area contributed by atoms with Gasteiger partial charge in [-0.1, -0.05) is 13.8 Å². The van der Waals surface area contributed by atoms with Gasteiger partial charge in [-0.05, 0) is 13.3 Å². The maximum Gasteiger partial charge on any atom is 0.309 e. The molecule has 5 nitrogen and oxygen atoms in total. The van der Waals surface area contributed by atoms with Crippen molar-refractivity contribution in [1.82, 2.24) is 0 Å². The molecule has 0 N–H and O–H groups in total. The van der Waals surface area contributed by atoms with Gasteiger partial charge in [0.2, 0.25) is 0 Å². The first-order valence-corrected chi connectivity index (χ1v) is 5.86. The molecule has 0 saturated heterocycles. The largest absolute Gasteiger partial charge is 0.465 e. The highest BCUT2D eigenvalue weighted by molar-refractivity contribution is 5.79. The van der Waals surface area contributed by atoms with Crippen LogP contribution in [0.15, 0.2) is 0 Å². The summed E-state index contributed by atoms with van der Waals surface area (Å²) in [5.74, 6) is -1.23. The second-order valence-electron chi connectivity index (χ2n) is 4.03. The minimum atomic E-state index is -0.469. The average Bonchev–Trinajstić information content (AvgIpc) is 2.25. The second-order valence-corrected chi connectivity index (χ2v) is 4.03. The van der Waals surface area contributed by atoms with Gasteiger partial charge in [0.1, 0.15) is 6.10 Å². The molecule has 0 aliphatic heterocycles. The molecule has 0 fully saturated rings. The maximum atomic E-state index is 11.4. The summed E-state index contributed by atoms with van der Waals surface area (Å²) in [5.41, 5.74) is 0. The van der Waals surface area contributed by atoms with Crippen molar-refractivity contribution < 1.29 is 23.8 Å². The maximum absolute atomic E-state index is 11.4. The van der Waals surface area contributed by atoms with Crippen molar-refractivity contribution >= 4 is 11.9 Å². The molecular weight excluding hydrogens is 224 g/mol. The van der Waals surface area contributed by atoms with Crippen LogP contribution in [-0.2, 0) is 23.8 Å². The van der Waals surface area contributed by atoms with Gasteiger partial charge in [-0.15, -0.1) is 0 Å². The molecule has 0 amide bonds. The molecule has 2 atom stereocenters. The molecule has 0 aromatic carbocycles. The lowest BCUT2D eigenvalue weighted by Crippen LogP contribution is -2.24. The summed E-state index contributed by atoms with van der Waals surface area (Å²) < 4.78 is 14.8. The van der Waals surface area contributed by atoms with Crippen molar-refractivity contribution in [2.24, 2.45) is 5.92 Å². The third-order valence-corrected chi connectivity index (χ3v) is 2.06. The third kappa shape index (κ3) is 7.74. The van der Waals surface area contributed by atoms with Crippen LogP contribution in [0.1, 0.15) is 33.6 Å². The van der Waals surface area contributed by atoms with E-state index in [0.717, 1.165) is 6.42 Å². The fraction of sp³-hybridized carbons (Fsp3) is 0.833. The smallest absolute Gasteiger partial charge is 0.309 e. The summed E-state index contributed by atoms with van der Waals surface area (Å²) in [5, 5.41) is 0. The Morgan fingerprint density at radius 2 is 1.88 bits per heavy atom. The van der Waals surface area contributed by atoms with E-state index in [1.165, 1.54) is 7.11 Å². The molecule has 0 rings (SSSR count). The van der Waals surface area contributed by atoms with Crippen LogP contribution in [0.5, 0.6) is 0 Å². The van der Waals surface area contributed by atoms with Crippen LogP contribution in [0.3, 0.4) is 0 Å². The number of carbonyl (C=O) groups excluding carboxylic acids is 2. The van der Waals surface area contributed by atoms with Crippen LogP contribution < -0.4 is 0 Å². The lowest BCUT2D eigenvalue weighted by Gasteiger charge is -2.14. The quantitative estimate of drug-likeness (QED) is 0.608. The van der Waals surface area contributed by atoms with Gasteiger partial charge in [0.25, 0.3) is 0 Å². The summed E-state index contributed by atoms with van der Waals surface area (Å²) in [4.78, 5) is 22.8. The van der Waals surface area contributed by atoms with Crippen molar-refractivity contribution in [1.29, 1.82) is 0 Å². The minimum Gasteiger partial charge on any atom is -0.465 e. The normalized spacial score (nSPS) is 13.9. The Balaban J connectivity index is 3.90. The predicted octanol–water partition coefficient (Wildman–Crippen LogP) is 1.54. The average molecular weight is 246 g/mol. The van der Waals surface area contributed by atoms with Gasteiger partial charge in [-0.3, -0.25) is 9.59 Å². The zero-order valence-electron chi connectivity index (χ0n) is 11.0. The van der Waals surface area contributed by atoms with Crippen LogP contribution in [0.4, 0.5) is 0 Å². The zero-order valence-corrected chi connectivity index (χ0v) is 11.0. The SMILES string of the molecule is CCCOC(=O)C(C)CC(=O)OC(C)COC. The first-order valence-electron chi connectivity index (χ1n) is 5.86. The second kappa shape index (κ2) is 8.98. The number of hydrogen-bond acceptors (Lipinski definition) is 5. The van der Waals surface area contributed by atoms with Crippen LogP contribution in [0, 0.1) is 5.92 Å². The van der Waals surface area contributed by atoms with Crippen LogP contribution >= 0.6 is 0 Å². The van der Waals surface area contributed by atoms with Crippen molar-refractivity contribution in [3.05, 3.63) is 0 Å². The number of methoxy groups -OCH3 is 1. The molecule has 0 bridgehead atoms. The van der Waals surface area contributed by atoms with Gasteiger partial charge in [0.05, 0.1) is 25.6 Å². The van der Waals surface area contributed by atoms with E-state index in [4.69, 9.17) is 14.2 Å². The van der Waals surface area contributed by atoms with E-state index in [1.54, 1.807) is 13.8 Å². The van der Waals surface area contributed by atoms with E-state index in [1.807, 2.05) is 6.92 Å². The van der Waals surface area contributed by atoms with Crippen molar-refractivity contribution in [3.63, 3.8) is 0 Å². The molecule has 5 heteroatoms. The fourth-order valence-electron chi connectivity index (χ4n) is 1.22. The molecule has 2 unspecified atom stereocenters. The van der Waals surface area contributed by atoms with E-state index >= 15 is 0 Å². The van der Waals surface area contributed by atoms with Gasteiger partial charge in [-0.25, -0.2) is 0 Å². The third-order valence-electron chi connectivity index (χ3n) is 2.06. The molecule has 100 valence electrons. The summed E-state index contributed by atoms with van der Waals surface area (Å²) in [6.07, 6.45) is 0.510. The lowest BCUT2D eigenvalue weighted by atomic mass is 10.1. The van der Waals surface area contributed by atoms with Crippen molar-refractivity contribution in [2.75, 3.05) is 20.3 Å². The van der Waals surface area contributed by atoms with Crippen LogP contribution in [0.25, 0.3) is 0 Å². The van der Waals surface area contributed by atoms with E-state index in [2.05, 4.69) is 0 Å². The Morgan fingerprint density at radius 1 is 1.24 bits per heavy atom. The monoisotopic (exact) mass is 246 g/mol. The number of ether oxygens (including phenoxy) is 3. The first kappa shape index (κ1) is 15.9. The summed E-state index contributed by atoms with van der Waals surface area (Å²) in [6.45, 7) is 6.04. The summed E-state index contributed by atoms with van der Waals surface area (Å²) in [7, 11) is 1.54. The van der Waals surface area contributed by atoms with Crippen LogP contribution in [-0.4, -0.2) is 38.4 Å². The number of esters is 2. The van der Waals surface area contributed by atoms with Crippen molar-refractivity contribution in [3.8, 4) is 0 Å². The van der Waals surface area contributed by atoms with Gasteiger partial charge in [0.15, 0.2) is 0 Å². The summed E-state index contributed by atoms with van der Waals surface area (Å²) >= 11 is 0. The highest BCUT2D eigenvalue weighted by atomic mass is 16.6. The van der Waals surface area contributed by atoms with E-state index in [9.17, 15) is 9.59 Å². The fourth-order valence-corrected chi connectivity index (χ4v) is 1.22. The van der Waals surface area contributed by atoms with Crippen LogP contribution in [0.2, 0.25) is 0 Å². The van der Waals surface area contributed by atoms with Gasteiger partial charge in [-0.2, -0.15) is 0 Å². The van der Waals surface area contributed by atoms with Crippen molar-refractivity contribution in [2.45, 2.75) is 39.7 Å². The Kier molecular flexibility index (Phi) is 8.40. The van der Waals surface area contributed by atoms with E-state index < -0.39 is 11.9 Å². The Labute approximate surface area is 102 Å². The standard InChI is InChI=1S/C12H22O5/c1-5-6-16-12(14)9(2)7-11(13)17-10(3)8-15-4/h9-10H,5-8H2,1-4H3. The highest BCUT2D eigenvalue weighted by Crippen LogP contribution is 2.07. The summed E-state index contributed by atoms with van der Waals surface area (Å²) in [6, 6.07) is 0. The first-order chi connectivity index (χ1) is 8.01. The Morgan fingerprint density at radius 3 is 2.41 bits per heavy atom. The predicted molar refractivity (Wildman–Crippen MR) is 62.5 cm³/mol. The highest BCUT2D eigenvalue weighted by Gasteiger charge is 2.20. The molecule has 0 aromatic heterocycles. The zero-order chi connectivity index (χ0) is 13.3. The number of rotatable bonds is 8. The molecule has 0 heterocycles. The van der Waals surface area contributed by atoms with Gasteiger partial charge in [0, 0.05) is 7.11 Å². The van der Waals surface area contributed by atoms with E-state index in [0.29, 0.717) is 13.2 Å². The van der Waals surface area contributed by atoms with Gasteiger partial charge >= 0.3 is 11.9 Å². The van der Waals surface area contributed by atoms with Gasteiger partial charge < -0.3 is 14.2 Å². The molecule has 17 heavy (non-hydrogen) atoms. The Hall–Kier alpha value is -1.10. The molecule has 0 spiro atoms. The Bertz CT molecular complexity index is 239. The molecule has 0 aliphatic carbocycles. The molecule has 0 saturated carbocycles. The number of carbonyl (C=O) groups is 2. The minimum absolute atomic E-state index is 0.0383. The molecular formula is C12H22O5. The topological polar surface area (TPSA) is 61.8 Å². The lowest BCUT2D eigenvalue weighted by molar-refractivity contribution is -0.158. The molecule has 0 radical (unpaired) electrons.